The average Bonchev–Trinajstić information content (AvgIpc) is 3.42. The number of hydrogen-bond acceptors (Lipinski definition) is 7. The van der Waals surface area contributed by atoms with Gasteiger partial charge in [0, 0.05) is 57.3 Å². The van der Waals surface area contributed by atoms with E-state index >= 15 is 0 Å². The monoisotopic (exact) mass is 535 g/mol. The zero-order valence-corrected chi connectivity index (χ0v) is 21.9. The third-order valence-corrected chi connectivity index (χ3v) is 7.92. The highest BCUT2D eigenvalue weighted by molar-refractivity contribution is 5.73. The number of carboxylic acids is 1. The Morgan fingerprint density at radius 3 is 2.32 bits per heavy atom. The van der Waals surface area contributed by atoms with Crippen molar-refractivity contribution in [1.82, 2.24) is 14.9 Å². The van der Waals surface area contributed by atoms with Gasteiger partial charge in [0.2, 0.25) is 0 Å². The number of fused-ring (bicyclic) bond motifs is 1. The van der Waals surface area contributed by atoms with E-state index in [1.165, 1.54) is 24.0 Å². The van der Waals surface area contributed by atoms with Gasteiger partial charge in [0.1, 0.15) is 17.5 Å². The van der Waals surface area contributed by atoms with Gasteiger partial charge in [-0.05, 0) is 38.2 Å². The van der Waals surface area contributed by atoms with Crippen LogP contribution in [0.5, 0.6) is 0 Å². The highest BCUT2D eigenvalue weighted by atomic mass is 19.4. The van der Waals surface area contributed by atoms with Crippen molar-refractivity contribution >= 4 is 17.6 Å². The number of rotatable bonds is 5. The van der Waals surface area contributed by atoms with Crippen LogP contribution in [0.25, 0.3) is 0 Å². The van der Waals surface area contributed by atoms with Gasteiger partial charge in [-0.25, -0.2) is 14.8 Å². The van der Waals surface area contributed by atoms with E-state index in [1.807, 2.05) is 6.92 Å². The standard InChI is InChI=1S/C25H35N5O.C2HF3O2/c1-19-5-3-6-21(13-19)15-28-9-11-29(12-10-28)23-14-24(27-20(2)26-23)30-16-22-7-4-8-25(22,17-30)18-31;3-2(4,5)1(6)7/h3,5-6,13-14,22,31H,4,7-12,15-18H2,1-2H3;(H,6,7)/t22-,25+;/m0./s1. The van der Waals surface area contributed by atoms with Gasteiger partial charge in [0.25, 0.3) is 0 Å². The van der Waals surface area contributed by atoms with Crippen LogP contribution in [0.2, 0.25) is 0 Å². The largest absolute Gasteiger partial charge is 0.490 e. The topological polar surface area (TPSA) is 93.0 Å². The summed E-state index contributed by atoms with van der Waals surface area (Å²) in [6, 6.07) is 11.0. The molecule has 0 unspecified atom stereocenters. The predicted octanol–water partition coefficient (Wildman–Crippen LogP) is 3.65. The van der Waals surface area contributed by atoms with Gasteiger partial charge in [-0.1, -0.05) is 36.2 Å². The number of hydrogen-bond donors (Lipinski definition) is 2. The van der Waals surface area contributed by atoms with Crippen LogP contribution >= 0.6 is 0 Å². The molecule has 2 saturated heterocycles. The first kappa shape index (κ1) is 28.1. The van der Waals surface area contributed by atoms with Gasteiger partial charge in [0.15, 0.2) is 0 Å². The third-order valence-electron chi connectivity index (χ3n) is 7.92. The van der Waals surface area contributed by atoms with E-state index in [0.29, 0.717) is 12.5 Å². The first-order valence-corrected chi connectivity index (χ1v) is 13.0. The molecule has 1 aromatic heterocycles. The first-order valence-electron chi connectivity index (χ1n) is 13.0. The number of nitrogens with zero attached hydrogens (tertiary/aromatic N) is 5. The van der Waals surface area contributed by atoms with Crippen molar-refractivity contribution in [2.75, 3.05) is 55.7 Å². The lowest BCUT2D eigenvalue weighted by Crippen LogP contribution is -2.46. The molecule has 38 heavy (non-hydrogen) atoms. The number of carbonyl (C=O) groups is 1. The summed E-state index contributed by atoms with van der Waals surface area (Å²) in [5.74, 6) is 0.762. The smallest absolute Gasteiger partial charge is 0.475 e. The lowest BCUT2D eigenvalue weighted by molar-refractivity contribution is -0.192. The van der Waals surface area contributed by atoms with E-state index in [0.717, 1.165) is 69.7 Å². The van der Waals surface area contributed by atoms with E-state index in [9.17, 15) is 18.3 Å². The highest BCUT2D eigenvalue weighted by Gasteiger charge is 2.49. The van der Waals surface area contributed by atoms with E-state index in [2.05, 4.69) is 52.0 Å². The molecule has 2 atom stereocenters. The number of aryl methyl sites for hydroxylation is 2. The summed E-state index contributed by atoms with van der Waals surface area (Å²) in [5.41, 5.74) is 2.81. The molecule has 3 aliphatic rings. The number of aliphatic hydroxyl groups excluding tert-OH is 1. The van der Waals surface area contributed by atoms with Crippen molar-refractivity contribution < 1.29 is 28.2 Å². The summed E-state index contributed by atoms with van der Waals surface area (Å²) < 4.78 is 31.7. The summed E-state index contributed by atoms with van der Waals surface area (Å²) >= 11 is 0. The number of halogens is 3. The van der Waals surface area contributed by atoms with Crippen LogP contribution in [0.15, 0.2) is 30.3 Å². The molecule has 2 aromatic rings. The van der Waals surface area contributed by atoms with Crippen molar-refractivity contribution in [3.05, 3.63) is 47.3 Å². The van der Waals surface area contributed by atoms with Gasteiger partial charge < -0.3 is 20.0 Å². The van der Waals surface area contributed by atoms with E-state index in [1.54, 1.807) is 0 Å². The summed E-state index contributed by atoms with van der Waals surface area (Å²) in [6.45, 7) is 11.5. The molecule has 2 aliphatic heterocycles. The summed E-state index contributed by atoms with van der Waals surface area (Å²) in [7, 11) is 0. The minimum Gasteiger partial charge on any atom is -0.475 e. The normalized spacial score (nSPS) is 23.7. The van der Waals surface area contributed by atoms with Crippen molar-refractivity contribution in [2.45, 2.75) is 45.8 Å². The van der Waals surface area contributed by atoms with Gasteiger partial charge >= 0.3 is 12.1 Å². The van der Waals surface area contributed by atoms with Crippen molar-refractivity contribution in [3.8, 4) is 0 Å². The third kappa shape index (κ3) is 6.55. The summed E-state index contributed by atoms with van der Waals surface area (Å²) in [6.07, 6.45) is -1.46. The maximum absolute atomic E-state index is 10.6. The fraction of sp³-hybridized carbons (Fsp3) is 0.593. The highest BCUT2D eigenvalue weighted by Crippen LogP contribution is 2.49. The van der Waals surface area contributed by atoms with Crippen molar-refractivity contribution in [1.29, 1.82) is 0 Å². The Balaban J connectivity index is 0.000000426. The number of aliphatic hydroxyl groups is 1. The van der Waals surface area contributed by atoms with E-state index < -0.39 is 12.1 Å². The zero-order chi connectivity index (χ0) is 27.5. The molecule has 11 heteroatoms. The number of aromatic nitrogens is 2. The Bertz CT molecular complexity index is 1120. The Hall–Kier alpha value is -2.92. The SMILES string of the molecule is Cc1cccc(CN2CCN(c3cc(N4C[C@@H]5CCC[C@]5(CO)C4)nc(C)n3)CC2)c1.O=C(O)C(F)(F)F. The van der Waals surface area contributed by atoms with Gasteiger partial charge in [-0.15, -0.1) is 0 Å². The molecule has 1 saturated carbocycles. The maximum Gasteiger partial charge on any atom is 0.490 e. The molecule has 0 spiro atoms. The molecular formula is C27H36F3N5O3. The van der Waals surface area contributed by atoms with Crippen LogP contribution in [-0.4, -0.2) is 83.1 Å². The number of anilines is 2. The quantitative estimate of drug-likeness (QED) is 0.600. The van der Waals surface area contributed by atoms with E-state index in [4.69, 9.17) is 19.9 Å². The van der Waals surface area contributed by atoms with E-state index in [-0.39, 0.29) is 5.41 Å². The molecule has 0 bridgehead atoms. The molecule has 0 amide bonds. The molecule has 1 aliphatic carbocycles. The van der Waals surface area contributed by atoms with Crippen molar-refractivity contribution in [2.24, 2.45) is 11.3 Å². The molecule has 208 valence electrons. The first-order chi connectivity index (χ1) is 18.0. The Morgan fingerprint density at radius 2 is 1.74 bits per heavy atom. The van der Waals surface area contributed by atoms with Crippen LogP contribution in [0, 0.1) is 25.2 Å². The minimum atomic E-state index is -5.08. The molecule has 3 heterocycles. The number of benzene rings is 1. The molecule has 1 aromatic carbocycles. The molecule has 8 nitrogen and oxygen atoms in total. The summed E-state index contributed by atoms with van der Waals surface area (Å²) in [4.78, 5) is 25.8. The second-order valence-corrected chi connectivity index (χ2v) is 10.7. The van der Waals surface area contributed by atoms with Gasteiger partial charge in [-0.2, -0.15) is 13.2 Å². The lowest BCUT2D eigenvalue weighted by Gasteiger charge is -2.36. The number of piperazine rings is 1. The number of alkyl halides is 3. The van der Waals surface area contributed by atoms with Crippen LogP contribution < -0.4 is 9.80 Å². The van der Waals surface area contributed by atoms with Crippen LogP contribution in [0.1, 0.15) is 36.2 Å². The van der Waals surface area contributed by atoms with Crippen LogP contribution in [0.3, 0.4) is 0 Å². The second kappa shape index (κ2) is 11.4. The van der Waals surface area contributed by atoms with Gasteiger partial charge in [0.05, 0.1) is 6.61 Å². The fourth-order valence-electron chi connectivity index (χ4n) is 5.91. The minimum absolute atomic E-state index is 0.0838. The number of aliphatic carboxylic acids is 1. The Labute approximate surface area is 221 Å². The van der Waals surface area contributed by atoms with Crippen molar-refractivity contribution in [3.63, 3.8) is 0 Å². The zero-order valence-electron chi connectivity index (χ0n) is 21.9. The predicted molar refractivity (Wildman–Crippen MR) is 138 cm³/mol. The van der Waals surface area contributed by atoms with Gasteiger partial charge in [-0.3, -0.25) is 4.90 Å². The fourth-order valence-corrected chi connectivity index (χ4v) is 5.91. The second-order valence-electron chi connectivity index (χ2n) is 10.7. The summed E-state index contributed by atoms with van der Waals surface area (Å²) in [5, 5.41) is 17.2. The Kier molecular flexibility index (Phi) is 8.46. The number of carboxylic acid groups (broad SMARTS) is 1. The average molecular weight is 536 g/mol. The van der Waals surface area contributed by atoms with Crippen LogP contribution in [-0.2, 0) is 11.3 Å². The molecule has 5 rings (SSSR count). The Morgan fingerprint density at radius 1 is 1.08 bits per heavy atom. The molecular weight excluding hydrogens is 499 g/mol. The molecule has 2 N–H and O–H groups in total. The van der Waals surface area contributed by atoms with Crippen LogP contribution in [0.4, 0.5) is 24.8 Å². The molecule has 0 radical (unpaired) electrons. The molecule has 3 fully saturated rings. The lowest BCUT2D eigenvalue weighted by atomic mass is 9.82. The maximum atomic E-state index is 10.6.